The Bertz CT molecular complexity index is 993. The standard InChI is InChI=1S/C26H25NO2/c1-4-9-19-14-16-20(17-15-19)18(2)27(3)26(28)29-25-23-12-7-5-10-21(23)22-11-6-8-13-24(22)25/h4-8,10-18,25H,1,9H2,2-3H3/t18-/m0/s1. The van der Waals surface area contributed by atoms with Crippen LogP contribution in [0.5, 0.6) is 0 Å². The van der Waals surface area contributed by atoms with Gasteiger partial charge in [-0.2, -0.15) is 0 Å². The number of allylic oxidation sites excluding steroid dienone is 1. The molecule has 0 heterocycles. The maximum Gasteiger partial charge on any atom is 0.410 e. The minimum Gasteiger partial charge on any atom is -0.436 e. The van der Waals surface area contributed by atoms with E-state index in [-0.39, 0.29) is 18.2 Å². The Morgan fingerprint density at radius 2 is 1.55 bits per heavy atom. The van der Waals surface area contributed by atoms with E-state index in [4.69, 9.17) is 4.74 Å². The van der Waals surface area contributed by atoms with E-state index in [2.05, 4.69) is 43.0 Å². The largest absolute Gasteiger partial charge is 0.436 e. The topological polar surface area (TPSA) is 29.5 Å². The molecule has 1 aliphatic carbocycles. The fourth-order valence-corrected chi connectivity index (χ4v) is 3.90. The predicted octanol–water partition coefficient (Wildman–Crippen LogP) is 6.31. The van der Waals surface area contributed by atoms with Crippen LogP contribution in [0.15, 0.2) is 85.5 Å². The Kier molecular flexibility index (Phi) is 5.22. The molecule has 0 bridgehead atoms. The lowest BCUT2D eigenvalue weighted by Crippen LogP contribution is -2.31. The smallest absolute Gasteiger partial charge is 0.410 e. The van der Waals surface area contributed by atoms with Gasteiger partial charge in [-0.15, -0.1) is 6.58 Å². The zero-order chi connectivity index (χ0) is 20.4. The molecule has 0 saturated heterocycles. The summed E-state index contributed by atoms with van der Waals surface area (Å²) in [6.45, 7) is 5.79. The van der Waals surface area contributed by atoms with Crippen molar-refractivity contribution < 1.29 is 9.53 Å². The molecule has 146 valence electrons. The van der Waals surface area contributed by atoms with E-state index in [0.29, 0.717) is 0 Å². The molecule has 0 spiro atoms. The number of carbonyl (C=O) groups excluding carboxylic acids is 1. The Morgan fingerprint density at radius 1 is 1.00 bits per heavy atom. The highest BCUT2D eigenvalue weighted by Crippen LogP contribution is 2.45. The summed E-state index contributed by atoms with van der Waals surface area (Å²) in [5.74, 6) is 0. The summed E-state index contributed by atoms with van der Waals surface area (Å²) in [5.41, 5.74) is 6.63. The summed E-state index contributed by atoms with van der Waals surface area (Å²) in [6, 6.07) is 24.4. The molecule has 0 aromatic heterocycles. The SMILES string of the molecule is C=CCc1ccc([C@H](C)N(C)C(=O)OC2c3ccccc3-c3ccccc32)cc1. The van der Waals surface area contributed by atoms with Gasteiger partial charge >= 0.3 is 6.09 Å². The first-order valence-corrected chi connectivity index (χ1v) is 9.91. The number of hydrogen-bond acceptors (Lipinski definition) is 2. The molecule has 0 fully saturated rings. The highest BCUT2D eigenvalue weighted by molar-refractivity contribution is 5.79. The van der Waals surface area contributed by atoms with Crippen molar-refractivity contribution in [2.75, 3.05) is 7.05 Å². The average molecular weight is 383 g/mol. The molecular formula is C26H25NO2. The quantitative estimate of drug-likeness (QED) is 0.483. The number of fused-ring (bicyclic) bond motifs is 3. The zero-order valence-electron chi connectivity index (χ0n) is 16.8. The molecule has 0 saturated carbocycles. The lowest BCUT2D eigenvalue weighted by molar-refractivity contribution is 0.0763. The lowest BCUT2D eigenvalue weighted by atomic mass is 10.0. The van der Waals surface area contributed by atoms with E-state index >= 15 is 0 Å². The highest BCUT2D eigenvalue weighted by Gasteiger charge is 2.32. The number of nitrogens with zero attached hydrogens (tertiary/aromatic N) is 1. The normalized spacial score (nSPS) is 13.3. The molecule has 0 N–H and O–H groups in total. The summed E-state index contributed by atoms with van der Waals surface area (Å²) in [5, 5.41) is 0. The fraction of sp³-hybridized carbons (Fsp3) is 0.192. The van der Waals surface area contributed by atoms with Crippen molar-refractivity contribution in [1.29, 1.82) is 0 Å². The first-order valence-electron chi connectivity index (χ1n) is 9.91. The third-order valence-corrected chi connectivity index (χ3v) is 5.71. The molecule has 0 aliphatic heterocycles. The molecule has 1 atom stereocenters. The highest BCUT2D eigenvalue weighted by atomic mass is 16.6. The summed E-state index contributed by atoms with van der Waals surface area (Å²) in [4.78, 5) is 14.7. The second-order valence-electron chi connectivity index (χ2n) is 7.46. The van der Waals surface area contributed by atoms with Gasteiger partial charge in [0.1, 0.15) is 0 Å². The van der Waals surface area contributed by atoms with Crippen molar-refractivity contribution in [1.82, 2.24) is 4.90 Å². The Labute approximate surface area is 172 Å². The van der Waals surface area contributed by atoms with Crippen LogP contribution in [0.3, 0.4) is 0 Å². The van der Waals surface area contributed by atoms with Crippen LogP contribution in [0.4, 0.5) is 4.79 Å². The molecule has 3 aromatic carbocycles. The second-order valence-corrected chi connectivity index (χ2v) is 7.46. The third-order valence-electron chi connectivity index (χ3n) is 5.71. The minimum atomic E-state index is -0.375. The van der Waals surface area contributed by atoms with Crippen LogP contribution in [-0.2, 0) is 11.2 Å². The van der Waals surface area contributed by atoms with Gasteiger partial charge in [-0.25, -0.2) is 4.79 Å². The van der Waals surface area contributed by atoms with Crippen molar-refractivity contribution in [2.45, 2.75) is 25.5 Å². The molecular weight excluding hydrogens is 358 g/mol. The molecule has 29 heavy (non-hydrogen) atoms. The van der Waals surface area contributed by atoms with Crippen molar-refractivity contribution in [3.8, 4) is 11.1 Å². The van der Waals surface area contributed by atoms with Crippen LogP contribution in [0.2, 0.25) is 0 Å². The van der Waals surface area contributed by atoms with E-state index in [1.807, 2.05) is 49.4 Å². The zero-order valence-corrected chi connectivity index (χ0v) is 16.8. The number of ether oxygens (including phenoxy) is 1. The van der Waals surface area contributed by atoms with Crippen LogP contribution in [0.1, 0.15) is 41.3 Å². The van der Waals surface area contributed by atoms with Crippen LogP contribution in [-0.4, -0.2) is 18.0 Å². The molecule has 3 nitrogen and oxygen atoms in total. The number of hydrogen-bond donors (Lipinski definition) is 0. The summed E-state index contributed by atoms with van der Waals surface area (Å²) in [6.07, 6.45) is 2.02. The van der Waals surface area contributed by atoms with Crippen LogP contribution >= 0.6 is 0 Å². The maximum atomic E-state index is 13.0. The number of amides is 1. The number of carbonyl (C=O) groups is 1. The Balaban J connectivity index is 1.54. The molecule has 0 unspecified atom stereocenters. The van der Waals surface area contributed by atoms with Gasteiger partial charge < -0.3 is 9.64 Å². The number of rotatable bonds is 5. The molecule has 3 aromatic rings. The second kappa shape index (κ2) is 7.96. The van der Waals surface area contributed by atoms with E-state index in [1.54, 1.807) is 11.9 Å². The molecule has 4 rings (SSSR count). The van der Waals surface area contributed by atoms with Crippen molar-refractivity contribution in [3.05, 3.63) is 108 Å². The molecule has 1 aliphatic rings. The van der Waals surface area contributed by atoms with Gasteiger partial charge in [0.05, 0.1) is 6.04 Å². The Morgan fingerprint density at radius 3 is 2.10 bits per heavy atom. The third kappa shape index (κ3) is 3.56. The first-order chi connectivity index (χ1) is 14.1. The Hall–Kier alpha value is -3.33. The molecule has 3 heteroatoms. The van der Waals surface area contributed by atoms with E-state index < -0.39 is 0 Å². The van der Waals surface area contributed by atoms with Crippen molar-refractivity contribution in [3.63, 3.8) is 0 Å². The van der Waals surface area contributed by atoms with Gasteiger partial charge in [-0.05, 0) is 35.6 Å². The van der Waals surface area contributed by atoms with E-state index in [9.17, 15) is 4.79 Å². The van der Waals surface area contributed by atoms with Gasteiger partial charge in [0, 0.05) is 18.2 Å². The summed E-state index contributed by atoms with van der Waals surface area (Å²) >= 11 is 0. The van der Waals surface area contributed by atoms with Gasteiger partial charge in [0.25, 0.3) is 0 Å². The number of benzene rings is 3. The minimum absolute atomic E-state index is 0.0906. The summed E-state index contributed by atoms with van der Waals surface area (Å²) < 4.78 is 6.00. The molecule has 0 radical (unpaired) electrons. The predicted molar refractivity (Wildman–Crippen MR) is 117 cm³/mol. The average Bonchev–Trinajstić information content (AvgIpc) is 3.07. The summed E-state index contributed by atoms with van der Waals surface area (Å²) in [7, 11) is 1.79. The van der Waals surface area contributed by atoms with Crippen molar-refractivity contribution in [2.24, 2.45) is 0 Å². The van der Waals surface area contributed by atoms with Gasteiger partial charge in [-0.1, -0.05) is 78.9 Å². The van der Waals surface area contributed by atoms with Crippen molar-refractivity contribution >= 4 is 6.09 Å². The maximum absolute atomic E-state index is 13.0. The van der Waals surface area contributed by atoms with Crippen LogP contribution in [0, 0.1) is 0 Å². The lowest BCUT2D eigenvalue weighted by Gasteiger charge is -2.27. The monoisotopic (exact) mass is 383 g/mol. The van der Waals surface area contributed by atoms with Gasteiger partial charge in [-0.3, -0.25) is 0 Å². The van der Waals surface area contributed by atoms with E-state index in [1.165, 1.54) is 5.56 Å². The van der Waals surface area contributed by atoms with E-state index in [0.717, 1.165) is 34.2 Å². The van der Waals surface area contributed by atoms with Crippen LogP contribution < -0.4 is 0 Å². The van der Waals surface area contributed by atoms with Gasteiger partial charge in [0.15, 0.2) is 6.10 Å². The van der Waals surface area contributed by atoms with Crippen LogP contribution in [0.25, 0.3) is 11.1 Å². The first kappa shape index (κ1) is 19.0. The fourth-order valence-electron chi connectivity index (χ4n) is 3.90. The molecule has 1 amide bonds. The van der Waals surface area contributed by atoms with Gasteiger partial charge in [0.2, 0.25) is 0 Å².